The molecule has 0 N–H and O–H groups in total. The monoisotopic (exact) mass is 204 g/mol. The molecule has 15 heavy (non-hydrogen) atoms. The minimum absolute atomic E-state index is 0.343. The number of carbonyl (C=O) groups is 2. The fraction of sp³-hybridized carbons (Fsp3) is 0.167. The van der Waals surface area contributed by atoms with Crippen molar-refractivity contribution in [3.63, 3.8) is 0 Å². The van der Waals surface area contributed by atoms with Crippen molar-refractivity contribution in [1.29, 1.82) is 0 Å². The van der Waals surface area contributed by atoms with Gasteiger partial charge in [-0.25, -0.2) is 4.79 Å². The zero-order valence-electron chi connectivity index (χ0n) is 8.47. The van der Waals surface area contributed by atoms with Gasteiger partial charge in [0.05, 0.1) is 12.7 Å². The van der Waals surface area contributed by atoms with E-state index in [9.17, 15) is 9.59 Å². The number of rotatable bonds is 4. The van der Waals surface area contributed by atoms with Crippen molar-refractivity contribution in [3.8, 4) is 0 Å². The largest absolute Gasteiger partial charge is 0.465 e. The number of benzene rings is 1. The molecule has 0 aliphatic heterocycles. The van der Waals surface area contributed by atoms with Gasteiger partial charge in [-0.1, -0.05) is 18.2 Å². The van der Waals surface area contributed by atoms with E-state index >= 15 is 0 Å². The molecule has 0 aliphatic rings. The summed E-state index contributed by atoms with van der Waals surface area (Å²) in [5.41, 5.74) is 1.57. The Bertz CT molecular complexity index is 363. The number of methoxy groups -OCH3 is 1. The summed E-state index contributed by atoms with van der Waals surface area (Å²) < 4.78 is 4.58. The van der Waals surface area contributed by atoms with Gasteiger partial charge >= 0.3 is 5.97 Å². The molecule has 1 rings (SSSR count). The molecule has 3 heteroatoms. The summed E-state index contributed by atoms with van der Waals surface area (Å²) in [4.78, 5) is 21.1. The van der Waals surface area contributed by atoms with Crippen LogP contribution in [0.15, 0.2) is 36.4 Å². The molecule has 0 aliphatic carbocycles. The normalized spacial score (nSPS) is 10.2. The number of esters is 1. The zero-order chi connectivity index (χ0) is 11.1. The molecule has 3 nitrogen and oxygen atoms in total. The molecule has 0 heterocycles. The second-order valence-corrected chi connectivity index (χ2v) is 2.96. The summed E-state index contributed by atoms with van der Waals surface area (Å²) in [5, 5.41) is 0. The number of aldehydes is 1. The van der Waals surface area contributed by atoms with E-state index in [0.717, 1.165) is 11.8 Å². The molecule has 0 fully saturated rings. The average Bonchev–Trinajstić information content (AvgIpc) is 2.29. The molecule has 0 radical (unpaired) electrons. The molecule has 0 bridgehead atoms. The second kappa shape index (κ2) is 5.75. The van der Waals surface area contributed by atoms with Crippen LogP contribution < -0.4 is 0 Å². The van der Waals surface area contributed by atoms with Crippen molar-refractivity contribution in [3.05, 3.63) is 47.5 Å². The molecular weight excluding hydrogens is 192 g/mol. The van der Waals surface area contributed by atoms with Crippen molar-refractivity contribution in [2.24, 2.45) is 0 Å². The van der Waals surface area contributed by atoms with Crippen molar-refractivity contribution in [2.45, 2.75) is 6.42 Å². The van der Waals surface area contributed by atoms with Crippen LogP contribution in [0.1, 0.15) is 15.9 Å². The number of carbonyl (C=O) groups excluding carboxylic acids is 2. The van der Waals surface area contributed by atoms with Gasteiger partial charge in [0.1, 0.15) is 6.29 Å². The highest BCUT2D eigenvalue weighted by atomic mass is 16.5. The van der Waals surface area contributed by atoms with E-state index in [4.69, 9.17) is 0 Å². The topological polar surface area (TPSA) is 43.4 Å². The fourth-order valence-corrected chi connectivity index (χ4v) is 1.15. The lowest BCUT2D eigenvalue weighted by Gasteiger charge is -2.00. The third-order valence-corrected chi connectivity index (χ3v) is 1.94. The van der Waals surface area contributed by atoms with Crippen LogP contribution in [0.25, 0.3) is 0 Å². The second-order valence-electron chi connectivity index (χ2n) is 2.96. The molecule has 0 aromatic heterocycles. The van der Waals surface area contributed by atoms with Gasteiger partial charge in [-0.15, -0.1) is 0 Å². The number of hydrogen-bond donors (Lipinski definition) is 0. The first kappa shape index (κ1) is 11.2. The molecule has 1 aromatic carbocycles. The van der Waals surface area contributed by atoms with E-state index in [2.05, 4.69) is 4.74 Å². The minimum Gasteiger partial charge on any atom is -0.465 e. The van der Waals surface area contributed by atoms with Gasteiger partial charge < -0.3 is 4.74 Å². The first-order valence-corrected chi connectivity index (χ1v) is 4.55. The number of allylic oxidation sites excluding steroid dienone is 2. The molecular formula is C12H12O3. The Morgan fingerprint density at radius 2 is 2.00 bits per heavy atom. The Morgan fingerprint density at radius 3 is 2.53 bits per heavy atom. The van der Waals surface area contributed by atoms with E-state index in [-0.39, 0.29) is 5.97 Å². The highest BCUT2D eigenvalue weighted by Gasteiger charge is 2.03. The summed E-state index contributed by atoms with van der Waals surface area (Å²) >= 11 is 0. The Kier molecular flexibility index (Phi) is 4.29. The van der Waals surface area contributed by atoms with Gasteiger partial charge in [0.15, 0.2) is 0 Å². The van der Waals surface area contributed by atoms with Gasteiger partial charge in [-0.2, -0.15) is 0 Å². The first-order chi connectivity index (χ1) is 7.27. The summed E-state index contributed by atoms with van der Waals surface area (Å²) in [6.45, 7) is 0. The molecule has 0 spiro atoms. The van der Waals surface area contributed by atoms with Crippen LogP contribution >= 0.6 is 0 Å². The Morgan fingerprint density at radius 1 is 1.33 bits per heavy atom. The molecule has 0 amide bonds. The third-order valence-electron chi connectivity index (χ3n) is 1.94. The molecule has 0 atom stereocenters. The van der Waals surface area contributed by atoms with Crippen LogP contribution in [0.3, 0.4) is 0 Å². The van der Waals surface area contributed by atoms with Crippen molar-refractivity contribution in [1.82, 2.24) is 0 Å². The summed E-state index contributed by atoms with van der Waals surface area (Å²) in [6, 6.07) is 7.08. The van der Waals surface area contributed by atoms with Gasteiger partial charge in [-0.3, -0.25) is 4.79 Å². The van der Waals surface area contributed by atoms with Crippen molar-refractivity contribution < 1.29 is 14.3 Å². The summed E-state index contributed by atoms with van der Waals surface area (Å²) in [5.74, 6) is -0.343. The summed E-state index contributed by atoms with van der Waals surface area (Å²) in [6.07, 6.45) is 4.64. The van der Waals surface area contributed by atoms with E-state index in [1.165, 1.54) is 13.2 Å². The van der Waals surface area contributed by atoms with Gasteiger partial charge in [0.2, 0.25) is 0 Å². The highest BCUT2D eigenvalue weighted by molar-refractivity contribution is 5.89. The summed E-state index contributed by atoms with van der Waals surface area (Å²) in [7, 11) is 1.35. The lowest BCUT2D eigenvalue weighted by atomic mass is 10.1. The zero-order valence-corrected chi connectivity index (χ0v) is 8.47. The molecule has 0 unspecified atom stereocenters. The van der Waals surface area contributed by atoms with Gasteiger partial charge in [-0.05, 0) is 30.2 Å². The number of hydrogen-bond acceptors (Lipinski definition) is 3. The van der Waals surface area contributed by atoms with Crippen LogP contribution in [0.4, 0.5) is 0 Å². The maximum absolute atomic E-state index is 11.1. The van der Waals surface area contributed by atoms with Gasteiger partial charge in [0, 0.05) is 0 Å². The Hall–Kier alpha value is -1.90. The quantitative estimate of drug-likeness (QED) is 0.426. The number of ether oxygens (including phenoxy) is 1. The smallest absolute Gasteiger partial charge is 0.337 e. The van der Waals surface area contributed by atoms with E-state index in [1.807, 2.05) is 12.1 Å². The Balaban J connectivity index is 2.68. The fourth-order valence-electron chi connectivity index (χ4n) is 1.15. The van der Waals surface area contributed by atoms with Gasteiger partial charge in [0.25, 0.3) is 0 Å². The van der Waals surface area contributed by atoms with Crippen LogP contribution in [0.2, 0.25) is 0 Å². The lowest BCUT2D eigenvalue weighted by Crippen LogP contribution is -2.00. The van der Waals surface area contributed by atoms with Crippen molar-refractivity contribution >= 4 is 12.3 Å². The third kappa shape index (κ3) is 3.38. The molecule has 0 saturated heterocycles. The molecule has 1 aromatic rings. The molecule has 0 saturated carbocycles. The predicted octanol–water partition coefficient (Wildman–Crippen LogP) is 1.77. The minimum atomic E-state index is -0.343. The predicted molar refractivity (Wildman–Crippen MR) is 56.7 cm³/mol. The van der Waals surface area contributed by atoms with Crippen LogP contribution in [-0.4, -0.2) is 19.4 Å². The standard InChI is InChI=1S/C12H12O3/c1-15-12(14)11-7-5-10(6-8-11)4-2-3-9-13/h2-3,5-9H,4H2,1H3. The maximum Gasteiger partial charge on any atom is 0.337 e. The van der Waals surface area contributed by atoms with E-state index < -0.39 is 0 Å². The van der Waals surface area contributed by atoms with E-state index in [1.54, 1.807) is 18.2 Å². The van der Waals surface area contributed by atoms with Crippen LogP contribution in [-0.2, 0) is 16.0 Å². The van der Waals surface area contributed by atoms with E-state index in [0.29, 0.717) is 12.0 Å². The van der Waals surface area contributed by atoms with Crippen molar-refractivity contribution in [2.75, 3.05) is 7.11 Å². The first-order valence-electron chi connectivity index (χ1n) is 4.55. The lowest BCUT2D eigenvalue weighted by molar-refractivity contribution is -0.104. The molecule has 78 valence electrons. The average molecular weight is 204 g/mol. The van der Waals surface area contributed by atoms with Crippen LogP contribution in [0, 0.1) is 0 Å². The maximum atomic E-state index is 11.1. The highest BCUT2D eigenvalue weighted by Crippen LogP contribution is 2.06. The Labute approximate surface area is 88.4 Å². The van der Waals surface area contributed by atoms with Crippen LogP contribution in [0.5, 0.6) is 0 Å². The SMILES string of the molecule is COC(=O)c1ccc(CC=CC=O)cc1.